The van der Waals surface area contributed by atoms with E-state index in [-0.39, 0.29) is 0 Å². The summed E-state index contributed by atoms with van der Waals surface area (Å²) in [4.78, 5) is 0. The van der Waals surface area contributed by atoms with Crippen LogP contribution in [0.3, 0.4) is 0 Å². The van der Waals surface area contributed by atoms with Crippen molar-refractivity contribution in [2.24, 2.45) is 7.05 Å². The minimum atomic E-state index is 0.810. The number of nitrogens with zero attached hydrogens (tertiary/aromatic N) is 2. The Kier molecular flexibility index (Phi) is 3.02. The molecule has 4 nitrogen and oxygen atoms in total. The predicted molar refractivity (Wildman–Crippen MR) is 72.4 cm³/mol. The molecule has 94 valence electrons. The molecule has 1 aromatic heterocycles. The second-order valence-corrected chi connectivity index (χ2v) is 4.71. The molecule has 18 heavy (non-hydrogen) atoms. The fourth-order valence-corrected chi connectivity index (χ4v) is 2.44. The van der Waals surface area contributed by atoms with E-state index >= 15 is 0 Å². The lowest BCUT2D eigenvalue weighted by molar-refractivity contribution is 0.657. The summed E-state index contributed by atoms with van der Waals surface area (Å²) < 4.78 is 1.83. The van der Waals surface area contributed by atoms with Gasteiger partial charge in [-0.3, -0.25) is 4.68 Å². The summed E-state index contributed by atoms with van der Waals surface area (Å²) in [5.41, 5.74) is 5.19. The van der Waals surface area contributed by atoms with Crippen LogP contribution < -0.4 is 10.6 Å². The molecule has 1 aliphatic rings. The third kappa shape index (κ3) is 2.24. The van der Waals surface area contributed by atoms with E-state index in [1.54, 1.807) is 0 Å². The highest BCUT2D eigenvalue weighted by atomic mass is 15.3. The van der Waals surface area contributed by atoms with Crippen LogP contribution >= 0.6 is 0 Å². The van der Waals surface area contributed by atoms with Gasteiger partial charge in [-0.25, -0.2) is 0 Å². The lowest BCUT2D eigenvalue weighted by Gasteiger charge is -2.09. The van der Waals surface area contributed by atoms with Crippen molar-refractivity contribution in [3.63, 3.8) is 0 Å². The number of hydrogen-bond donors (Lipinski definition) is 2. The Hall–Kier alpha value is -1.81. The van der Waals surface area contributed by atoms with Crippen molar-refractivity contribution >= 4 is 5.69 Å². The topological polar surface area (TPSA) is 41.9 Å². The molecule has 0 spiro atoms. The molecule has 1 aliphatic heterocycles. The zero-order valence-electron chi connectivity index (χ0n) is 10.6. The number of hydrogen-bond acceptors (Lipinski definition) is 3. The summed E-state index contributed by atoms with van der Waals surface area (Å²) in [7, 11) is 1.94. The van der Waals surface area contributed by atoms with Crippen molar-refractivity contribution < 1.29 is 0 Å². The first-order valence-electron chi connectivity index (χ1n) is 6.37. The Balaban J connectivity index is 1.62. The molecule has 0 saturated heterocycles. The molecule has 0 aliphatic carbocycles. The minimum absolute atomic E-state index is 0.810. The average molecular weight is 242 g/mol. The molecule has 0 radical (unpaired) electrons. The molecular weight excluding hydrogens is 224 g/mol. The molecule has 0 bridgehead atoms. The van der Waals surface area contributed by atoms with Gasteiger partial charge in [-0.2, -0.15) is 5.10 Å². The lowest BCUT2D eigenvalue weighted by atomic mass is 10.1. The average Bonchev–Trinajstić information content (AvgIpc) is 2.98. The SMILES string of the molecule is Cn1ccc(CNCc2cccc3c2NCC3)n1. The zero-order chi connectivity index (χ0) is 12.4. The van der Waals surface area contributed by atoms with Gasteiger partial charge in [-0.05, 0) is 23.6 Å². The number of para-hydroxylation sites is 1. The van der Waals surface area contributed by atoms with Crippen LogP contribution in [0.4, 0.5) is 5.69 Å². The summed E-state index contributed by atoms with van der Waals surface area (Å²) in [6.07, 6.45) is 3.11. The third-order valence-electron chi connectivity index (χ3n) is 3.32. The van der Waals surface area contributed by atoms with Crippen LogP contribution in [0.2, 0.25) is 0 Å². The Labute approximate surface area is 107 Å². The lowest BCUT2D eigenvalue weighted by Crippen LogP contribution is -2.14. The van der Waals surface area contributed by atoms with Crippen molar-refractivity contribution in [2.75, 3.05) is 11.9 Å². The predicted octanol–water partition coefficient (Wildman–Crippen LogP) is 1.68. The molecule has 0 atom stereocenters. The van der Waals surface area contributed by atoms with E-state index in [0.29, 0.717) is 0 Å². The van der Waals surface area contributed by atoms with Crippen molar-refractivity contribution in [2.45, 2.75) is 19.5 Å². The van der Waals surface area contributed by atoms with E-state index in [0.717, 1.165) is 31.7 Å². The van der Waals surface area contributed by atoms with E-state index in [1.807, 2.05) is 24.0 Å². The fourth-order valence-electron chi connectivity index (χ4n) is 2.44. The second kappa shape index (κ2) is 4.82. The second-order valence-electron chi connectivity index (χ2n) is 4.71. The van der Waals surface area contributed by atoms with Crippen LogP contribution in [0.15, 0.2) is 30.5 Å². The zero-order valence-corrected chi connectivity index (χ0v) is 10.6. The molecule has 2 N–H and O–H groups in total. The Bertz CT molecular complexity index is 544. The van der Waals surface area contributed by atoms with Gasteiger partial charge in [0.1, 0.15) is 0 Å². The van der Waals surface area contributed by atoms with Gasteiger partial charge < -0.3 is 10.6 Å². The monoisotopic (exact) mass is 242 g/mol. The highest BCUT2D eigenvalue weighted by Gasteiger charge is 2.12. The van der Waals surface area contributed by atoms with Gasteiger partial charge in [0.05, 0.1) is 5.69 Å². The highest BCUT2D eigenvalue weighted by Crippen LogP contribution is 2.26. The summed E-state index contributed by atoms with van der Waals surface area (Å²) >= 11 is 0. The van der Waals surface area contributed by atoms with E-state index in [9.17, 15) is 0 Å². The van der Waals surface area contributed by atoms with Gasteiger partial charge in [0, 0.05) is 38.6 Å². The van der Waals surface area contributed by atoms with Crippen molar-refractivity contribution in [1.29, 1.82) is 0 Å². The molecule has 2 aromatic rings. The molecular formula is C14H18N4. The smallest absolute Gasteiger partial charge is 0.0762 e. The molecule has 1 aromatic carbocycles. The number of aryl methyl sites for hydroxylation is 1. The quantitative estimate of drug-likeness (QED) is 0.857. The maximum atomic E-state index is 4.35. The van der Waals surface area contributed by atoms with Gasteiger partial charge in [0.25, 0.3) is 0 Å². The summed E-state index contributed by atoms with van der Waals surface area (Å²) in [6, 6.07) is 8.57. The molecule has 0 amide bonds. The van der Waals surface area contributed by atoms with E-state index in [2.05, 4.69) is 33.9 Å². The third-order valence-corrected chi connectivity index (χ3v) is 3.32. The first-order valence-corrected chi connectivity index (χ1v) is 6.37. The van der Waals surface area contributed by atoms with E-state index < -0.39 is 0 Å². The Morgan fingerprint density at radius 3 is 3.11 bits per heavy atom. The van der Waals surface area contributed by atoms with Gasteiger partial charge in [-0.15, -0.1) is 0 Å². The number of benzene rings is 1. The minimum Gasteiger partial charge on any atom is -0.384 e. The molecule has 0 fully saturated rings. The molecule has 3 rings (SSSR count). The Morgan fingerprint density at radius 2 is 2.28 bits per heavy atom. The fraction of sp³-hybridized carbons (Fsp3) is 0.357. The van der Waals surface area contributed by atoms with Crippen molar-refractivity contribution in [3.8, 4) is 0 Å². The van der Waals surface area contributed by atoms with Gasteiger partial charge in [0.2, 0.25) is 0 Å². The van der Waals surface area contributed by atoms with Crippen LogP contribution in [0, 0.1) is 0 Å². The van der Waals surface area contributed by atoms with Crippen LogP contribution in [0.5, 0.6) is 0 Å². The highest BCUT2D eigenvalue weighted by molar-refractivity contribution is 5.61. The van der Waals surface area contributed by atoms with E-state index in [4.69, 9.17) is 0 Å². The largest absolute Gasteiger partial charge is 0.384 e. The first-order chi connectivity index (χ1) is 8.83. The summed E-state index contributed by atoms with van der Waals surface area (Å²) in [5.74, 6) is 0. The molecule has 2 heterocycles. The van der Waals surface area contributed by atoms with Gasteiger partial charge >= 0.3 is 0 Å². The van der Waals surface area contributed by atoms with Gasteiger partial charge in [0.15, 0.2) is 0 Å². The Morgan fingerprint density at radius 1 is 1.33 bits per heavy atom. The van der Waals surface area contributed by atoms with Crippen LogP contribution in [-0.2, 0) is 26.6 Å². The van der Waals surface area contributed by atoms with E-state index in [1.165, 1.54) is 16.8 Å². The molecule has 0 unspecified atom stereocenters. The van der Waals surface area contributed by atoms with Crippen molar-refractivity contribution in [3.05, 3.63) is 47.3 Å². The van der Waals surface area contributed by atoms with Crippen LogP contribution in [-0.4, -0.2) is 16.3 Å². The first kappa shape index (κ1) is 11.3. The summed E-state index contributed by atoms with van der Waals surface area (Å²) in [6.45, 7) is 2.75. The maximum Gasteiger partial charge on any atom is 0.0762 e. The number of anilines is 1. The molecule has 0 saturated carbocycles. The number of fused-ring (bicyclic) bond motifs is 1. The maximum absolute atomic E-state index is 4.35. The van der Waals surface area contributed by atoms with Crippen molar-refractivity contribution in [1.82, 2.24) is 15.1 Å². The van der Waals surface area contributed by atoms with Crippen LogP contribution in [0.25, 0.3) is 0 Å². The van der Waals surface area contributed by atoms with Crippen LogP contribution in [0.1, 0.15) is 16.8 Å². The number of rotatable bonds is 4. The summed E-state index contributed by atoms with van der Waals surface area (Å²) in [5, 5.41) is 11.3. The standard InChI is InChI=1S/C14H18N4/c1-18-8-6-13(17-18)10-15-9-12-4-2-3-11-5-7-16-14(11)12/h2-4,6,8,15-16H,5,7,9-10H2,1H3. The molecule has 4 heteroatoms. The number of aromatic nitrogens is 2. The number of nitrogens with one attached hydrogen (secondary N) is 2. The normalized spacial score (nSPS) is 13.4. The van der Waals surface area contributed by atoms with Gasteiger partial charge in [-0.1, -0.05) is 18.2 Å².